The van der Waals surface area contributed by atoms with E-state index in [1.54, 1.807) is 31.3 Å². The third kappa shape index (κ3) is 3.85. The molecule has 1 saturated heterocycles. The number of hydrogen-bond donors (Lipinski definition) is 2. The number of thiophene rings is 1. The van der Waals surface area contributed by atoms with E-state index in [1.807, 2.05) is 32.1 Å². The molecule has 6 rings (SSSR count). The minimum atomic E-state index is -1.95. The van der Waals surface area contributed by atoms with E-state index in [4.69, 9.17) is 14.3 Å². The first-order valence-corrected chi connectivity index (χ1v) is 15.7. The van der Waals surface area contributed by atoms with E-state index < -0.39 is 58.4 Å². The SMILES string of the molecule is CC1(C)O[C@@H]2C[C@H]3[C@@H]4CCC5=C/C(=N\OCCc6ccc(Br)s6)C=C[C@]5(C)[C@@]4(F)[C@@H](O)C[C@]3(C)[C@]2(C(=O)CO)O1. The number of ether oxygens (including phenoxy) is 2. The first kappa shape index (κ1) is 28.7. The zero-order chi connectivity index (χ0) is 28.7. The van der Waals surface area contributed by atoms with Crippen molar-refractivity contribution in [3.8, 4) is 0 Å². The third-order valence-corrected chi connectivity index (χ3v) is 12.1. The van der Waals surface area contributed by atoms with Crippen molar-refractivity contribution in [1.82, 2.24) is 0 Å². The molecule has 2 N–H and O–H groups in total. The Morgan fingerprint density at radius 3 is 2.75 bits per heavy atom. The molecule has 5 aliphatic rings. The molecule has 1 aromatic rings. The molecule has 40 heavy (non-hydrogen) atoms. The van der Waals surface area contributed by atoms with Crippen LogP contribution in [0.25, 0.3) is 0 Å². The van der Waals surface area contributed by atoms with Crippen molar-refractivity contribution in [2.75, 3.05) is 13.2 Å². The maximum atomic E-state index is 17.7. The number of rotatable bonds is 6. The molecule has 8 atom stereocenters. The Kier molecular flexibility index (Phi) is 6.84. The van der Waals surface area contributed by atoms with Crippen molar-refractivity contribution in [3.05, 3.63) is 44.6 Å². The van der Waals surface area contributed by atoms with Gasteiger partial charge in [-0.3, -0.25) is 4.79 Å². The number of carbonyl (C=O) groups is 1. The highest BCUT2D eigenvalue weighted by Crippen LogP contribution is 2.72. The molecule has 0 bridgehead atoms. The zero-order valence-electron chi connectivity index (χ0n) is 23.3. The lowest BCUT2D eigenvalue weighted by Gasteiger charge is -2.62. The molecule has 218 valence electrons. The van der Waals surface area contributed by atoms with Gasteiger partial charge in [0.2, 0.25) is 0 Å². The molecule has 0 amide bonds. The largest absolute Gasteiger partial charge is 0.395 e. The van der Waals surface area contributed by atoms with Gasteiger partial charge in [0.05, 0.1) is 16.0 Å². The van der Waals surface area contributed by atoms with Gasteiger partial charge in [-0.1, -0.05) is 23.7 Å². The van der Waals surface area contributed by atoms with E-state index >= 15 is 4.39 Å². The summed E-state index contributed by atoms with van der Waals surface area (Å²) in [6, 6.07) is 4.06. The molecule has 4 aliphatic carbocycles. The van der Waals surface area contributed by atoms with Crippen LogP contribution in [0.1, 0.15) is 58.3 Å². The van der Waals surface area contributed by atoms with Crippen LogP contribution in [-0.2, 0) is 25.5 Å². The molecule has 2 heterocycles. The van der Waals surface area contributed by atoms with Crippen LogP contribution in [0.3, 0.4) is 0 Å². The summed E-state index contributed by atoms with van der Waals surface area (Å²) in [7, 11) is 0. The number of aliphatic hydroxyl groups excluding tert-OH is 2. The Morgan fingerprint density at radius 2 is 2.05 bits per heavy atom. The average molecular weight is 639 g/mol. The van der Waals surface area contributed by atoms with E-state index in [9.17, 15) is 15.0 Å². The Bertz CT molecular complexity index is 1310. The number of hydrogen-bond acceptors (Lipinski definition) is 8. The maximum Gasteiger partial charge on any atom is 0.193 e. The molecule has 0 radical (unpaired) electrons. The van der Waals surface area contributed by atoms with Gasteiger partial charge >= 0.3 is 0 Å². The number of halogens is 2. The monoisotopic (exact) mass is 637 g/mol. The molecule has 0 unspecified atom stereocenters. The topological polar surface area (TPSA) is 97.6 Å². The van der Waals surface area contributed by atoms with Crippen LogP contribution in [0.4, 0.5) is 4.39 Å². The van der Waals surface area contributed by atoms with Gasteiger partial charge in [-0.15, -0.1) is 11.3 Å². The third-order valence-electron chi connectivity index (χ3n) is 10.4. The van der Waals surface area contributed by atoms with Crippen molar-refractivity contribution in [2.45, 2.75) is 89.1 Å². The molecule has 10 heteroatoms. The highest BCUT2D eigenvalue weighted by Gasteiger charge is 2.79. The number of fused-ring (bicyclic) bond motifs is 7. The highest BCUT2D eigenvalue weighted by molar-refractivity contribution is 9.11. The lowest BCUT2D eigenvalue weighted by atomic mass is 9.44. The standard InChI is InChI=1S/C30H37BrFNO6S/c1-26(2)38-24-14-21-20-7-5-17-13-18(33-37-12-10-19-6-8-25(31)40-19)9-11-27(17,3)29(20,32)22(35)15-28(21,4)30(24,39-26)23(36)16-34/h6,8-9,11,13,20-22,24,34-35H,5,7,10,12,14-16H2,1-4H3/b33-18-/t20-,21-,22-,24+,27-,28-,29-,30+/m0/s1. The zero-order valence-corrected chi connectivity index (χ0v) is 25.7. The summed E-state index contributed by atoms with van der Waals surface area (Å²) in [5, 5.41) is 25.9. The Hall–Kier alpha value is -1.43. The van der Waals surface area contributed by atoms with Crippen LogP contribution >= 0.6 is 27.3 Å². The van der Waals surface area contributed by atoms with Crippen LogP contribution in [0.2, 0.25) is 0 Å². The summed E-state index contributed by atoms with van der Waals surface area (Å²) in [6.07, 6.45) is 5.94. The van der Waals surface area contributed by atoms with E-state index in [1.165, 1.54) is 4.88 Å². The summed E-state index contributed by atoms with van der Waals surface area (Å²) in [5.74, 6) is -2.26. The van der Waals surface area contributed by atoms with Crippen LogP contribution in [0.5, 0.6) is 0 Å². The molecule has 0 aromatic carbocycles. The minimum absolute atomic E-state index is 0.0337. The fourth-order valence-electron chi connectivity index (χ4n) is 8.75. The second-order valence-corrected chi connectivity index (χ2v) is 15.4. The van der Waals surface area contributed by atoms with Gasteiger partial charge < -0.3 is 24.5 Å². The summed E-state index contributed by atoms with van der Waals surface area (Å²) < 4.78 is 31.3. The Balaban J connectivity index is 1.27. The van der Waals surface area contributed by atoms with Gasteiger partial charge in [0.1, 0.15) is 18.9 Å². The molecule has 3 saturated carbocycles. The van der Waals surface area contributed by atoms with E-state index in [-0.39, 0.29) is 12.3 Å². The number of nitrogens with zero attached hydrogens (tertiary/aromatic N) is 1. The lowest BCUT2D eigenvalue weighted by Crippen LogP contribution is -2.70. The van der Waals surface area contributed by atoms with Crippen molar-refractivity contribution in [3.63, 3.8) is 0 Å². The molecule has 1 aromatic heterocycles. The fourth-order valence-corrected chi connectivity index (χ4v) is 10.2. The van der Waals surface area contributed by atoms with E-state index in [2.05, 4.69) is 27.2 Å². The number of ketones is 1. The molecule has 1 aliphatic heterocycles. The number of aliphatic hydroxyl groups is 2. The summed E-state index contributed by atoms with van der Waals surface area (Å²) in [4.78, 5) is 20.1. The first-order chi connectivity index (χ1) is 18.8. The molecule has 4 fully saturated rings. The number of carbonyl (C=O) groups excluding carboxylic acids is 1. The van der Waals surface area contributed by atoms with Crippen LogP contribution in [-0.4, -0.2) is 64.2 Å². The second-order valence-electron chi connectivity index (χ2n) is 12.8. The van der Waals surface area contributed by atoms with Gasteiger partial charge in [-0.2, -0.15) is 0 Å². The minimum Gasteiger partial charge on any atom is -0.395 e. The van der Waals surface area contributed by atoms with Gasteiger partial charge in [-0.05, 0) is 92.6 Å². The number of oxime groups is 1. The summed E-state index contributed by atoms with van der Waals surface area (Å²) in [5.41, 5.74) is -3.79. The lowest BCUT2D eigenvalue weighted by molar-refractivity contribution is -0.246. The molecular weight excluding hydrogens is 601 g/mol. The van der Waals surface area contributed by atoms with Gasteiger partial charge in [0.15, 0.2) is 22.8 Å². The smallest absolute Gasteiger partial charge is 0.193 e. The van der Waals surface area contributed by atoms with E-state index in [0.29, 0.717) is 31.6 Å². The van der Waals surface area contributed by atoms with E-state index in [0.717, 1.165) is 15.8 Å². The number of allylic oxidation sites excluding steroid dienone is 4. The summed E-state index contributed by atoms with van der Waals surface area (Å²) in [6.45, 7) is 7.03. The predicted molar refractivity (Wildman–Crippen MR) is 153 cm³/mol. The molecular formula is C30H37BrFNO6S. The number of alkyl halides is 1. The van der Waals surface area contributed by atoms with Crippen molar-refractivity contribution in [1.29, 1.82) is 0 Å². The van der Waals surface area contributed by atoms with Crippen molar-refractivity contribution >= 4 is 38.8 Å². The molecule has 0 spiro atoms. The maximum absolute atomic E-state index is 17.7. The van der Waals surface area contributed by atoms with Crippen LogP contribution in [0.15, 0.2) is 44.9 Å². The fraction of sp³-hybridized carbons (Fsp3) is 0.667. The van der Waals surface area contributed by atoms with Gasteiger partial charge in [0.25, 0.3) is 0 Å². The first-order valence-electron chi connectivity index (χ1n) is 14.0. The van der Waals surface area contributed by atoms with Crippen molar-refractivity contribution in [2.24, 2.45) is 27.8 Å². The average Bonchev–Trinajstić information content (AvgIpc) is 3.51. The normalized spacial score (nSPS) is 44.0. The highest BCUT2D eigenvalue weighted by atomic mass is 79.9. The van der Waals surface area contributed by atoms with Gasteiger partial charge in [-0.25, -0.2) is 4.39 Å². The predicted octanol–water partition coefficient (Wildman–Crippen LogP) is 5.29. The Labute approximate surface area is 246 Å². The Morgan fingerprint density at radius 1 is 1.27 bits per heavy atom. The number of Topliss-reactive ketones (excluding diaryl/α,β-unsaturated/α-hetero) is 1. The van der Waals surface area contributed by atoms with Crippen molar-refractivity contribution < 1.29 is 33.7 Å². The van der Waals surface area contributed by atoms with Crippen LogP contribution in [0, 0.1) is 22.7 Å². The summed E-state index contributed by atoms with van der Waals surface area (Å²) >= 11 is 5.13. The quantitative estimate of drug-likeness (QED) is 0.325. The van der Waals surface area contributed by atoms with Crippen LogP contribution < -0.4 is 0 Å². The molecule has 7 nitrogen and oxygen atoms in total. The van der Waals surface area contributed by atoms with Gasteiger partial charge in [0, 0.05) is 28.0 Å². The second kappa shape index (κ2) is 9.54.